The predicted octanol–water partition coefficient (Wildman–Crippen LogP) is 1.57. The number of hydrogen-bond acceptors (Lipinski definition) is 4. The lowest BCUT2D eigenvalue weighted by Gasteiger charge is -2.26. The van der Waals surface area contributed by atoms with E-state index in [1.165, 1.54) is 0 Å². The molecule has 0 fully saturated rings. The smallest absolute Gasteiger partial charge is 0.263 e. The van der Waals surface area contributed by atoms with E-state index in [0.29, 0.717) is 19.5 Å². The maximum absolute atomic E-state index is 13.0. The summed E-state index contributed by atoms with van der Waals surface area (Å²) in [6, 6.07) is 1.73. The van der Waals surface area contributed by atoms with Gasteiger partial charge in [0.1, 0.15) is 11.4 Å². The van der Waals surface area contributed by atoms with Gasteiger partial charge in [-0.25, -0.2) is 4.98 Å². The Kier molecular flexibility index (Phi) is 4.18. The minimum atomic E-state index is -0.239. The molecule has 4 heterocycles. The first-order chi connectivity index (χ1) is 13.0. The molecule has 0 bridgehead atoms. The molecule has 8 nitrogen and oxygen atoms in total. The summed E-state index contributed by atoms with van der Waals surface area (Å²) in [6.45, 7) is 4.90. The zero-order chi connectivity index (χ0) is 19.1. The molecule has 0 radical (unpaired) electrons. The molecule has 0 spiro atoms. The van der Waals surface area contributed by atoms with Crippen LogP contribution in [-0.2, 0) is 26.4 Å². The third kappa shape index (κ3) is 2.87. The number of carbonyl (C=O) groups is 1. The van der Waals surface area contributed by atoms with Crippen LogP contribution in [0.25, 0.3) is 11.4 Å². The van der Waals surface area contributed by atoms with E-state index in [4.69, 9.17) is 0 Å². The highest BCUT2D eigenvalue weighted by Crippen LogP contribution is 2.23. The highest BCUT2D eigenvalue weighted by atomic mass is 16.2. The molecule has 27 heavy (non-hydrogen) atoms. The van der Waals surface area contributed by atoms with Crippen molar-refractivity contribution < 1.29 is 4.79 Å². The summed E-state index contributed by atoms with van der Waals surface area (Å²) in [5.41, 5.74) is 4.65. The highest BCUT2D eigenvalue weighted by molar-refractivity contribution is 5.94. The van der Waals surface area contributed by atoms with E-state index in [1.54, 1.807) is 35.0 Å². The van der Waals surface area contributed by atoms with Crippen LogP contribution in [0.3, 0.4) is 0 Å². The van der Waals surface area contributed by atoms with Crippen molar-refractivity contribution >= 4 is 5.91 Å². The second kappa shape index (κ2) is 6.53. The Labute approximate surface area is 156 Å². The molecule has 2 N–H and O–H groups in total. The van der Waals surface area contributed by atoms with Gasteiger partial charge in [0.15, 0.2) is 0 Å². The van der Waals surface area contributed by atoms with Gasteiger partial charge in [0.05, 0.1) is 29.7 Å². The van der Waals surface area contributed by atoms with Gasteiger partial charge in [-0.15, -0.1) is 0 Å². The number of imidazole rings is 1. The topological polar surface area (TPSA) is 99.7 Å². The van der Waals surface area contributed by atoms with Crippen LogP contribution in [0, 0.1) is 6.92 Å². The Morgan fingerprint density at radius 3 is 2.89 bits per heavy atom. The average molecular weight is 366 g/mol. The van der Waals surface area contributed by atoms with Crippen molar-refractivity contribution in [3.8, 4) is 11.4 Å². The quantitative estimate of drug-likeness (QED) is 0.735. The highest BCUT2D eigenvalue weighted by Gasteiger charge is 2.27. The van der Waals surface area contributed by atoms with Gasteiger partial charge in [-0.1, -0.05) is 6.92 Å². The normalized spacial score (nSPS) is 13.7. The van der Waals surface area contributed by atoms with E-state index >= 15 is 0 Å². The molecule has 1 aliphatic heterocycles. The minimum absolute atomic E-state index is 0.227. The molecule has 0 saturated heterocycles. The average Bonchev–Trinajstić information content (AvgIpc) is 3.33. The van der Waals surface area contributed by atoms with Crippen LogP contribution in [0.1, 0.15) is 39.9 Å². The van der Waals surface area contributed by atoms with Gasteiger partial charge >= 0.3 is 0 Å². The molecule has 8 heteroatoms. The van der Waals surface area contributed by atoms with Gasteiger partial charge in [0.25, 0.3) is 11.5 Å². The molecule has 4 rings (SSSR count). The van der Waals surface area contributed by atoms with Crippen LogP contribution in [0.5, 0.6) is 0 Å². The fourth-order valence-electron chi connectivity index (χ4n) is 3.75. The van der Waals surface area contributed by atoms with Crippen molar-refractivity contribution in [3.63, 3.8) is 0 Å². The molecule has 0 saturated carbocycles. The number of amides is 1. The summed E-state index contributed by atoms with van der Waals surface area (Å²) < 4.78 is 1.59. The zero-order valence-corrected chi connectivity index (χ0v) is 15.7. The fourth-order valence-corrected chi connectivity index (χ4v) is 3.75. The first kappa shape index (κ1) is 17.3. The number of carbonyl (C=O) groups excluding carboxylic acids is 1. The summed E-state index contributed by atoms with van der Waals surface area (Å²) in [5, 5.41) is 6.71. The van der Waals surface area contributed by atoms with E-state index in [9.17, 15) is 9.59 Å². The minimum Gasteiger partial charge on any atom is -0.340 e. The molecule has 0 unspecified atom stereocenters. The van der Waals surface area contributed by atoms with Gasteiger partial charge < -0.3 is 14.5 Å². The molecule has 0 atom stereocenters. The van der Waals surface area contributed by atoms with Gasteiger partial charge in [0, 0.05) is 31.9 Å². The van der Waals surface area contributed by atoms with E-state index in [-0.39, 0.29) is 17.0 Å². The summed E-state index contributed by atoms with van der Waals surface area (Å²) in [4.78, 5) is 35.3. The number of rotatable bonds is 3. The molecular weight excluding hydrogens is 344 g/mol. The van der Waals surface area contributed by atoms with Crippen molar-refractivity contribution in [2.75, 3.05) is 6.54 Å². The second-order valence-electron chi connectivity index (χ2n) is 6.88. The number of aryl methyl sites for hydroxylation is 1. The number of nitrogens with zero attached hydrogens (tertiary/aromatic N) is 4. The Hall–Kier alpha value is -3.16. The van der Waals surface area contributed by atoms with E-state index in [0.717, 1.165) is 40.5 Å². The first-order valence-electron chi connectivity index (χ1n) is 9.05. The zero-order valence-electron chi connectivity index (χ0n) is 15.7. The molecule has 0 aliphatic carbocycles. The summed E-state index contributed by atoms with van der Waals surface area (Å²) in [7, 11) is 1.73. The summed E-state index contributed by atoms with van der Waals surface area (Å²) in [5.74, 6) is 0.508. The van der Waals surface area contributed by atoms with Crippen LogP contribution >= 0.6 is 0 Å². The standard InChI is InChI=1S/C19H22N6O2/c1-4-16-11(2)7-13(18(26)24(16)3)19(27)25-6-5-14-15(10-25)23-17(22-14)12-8-20-21-9-12/h7-9H,4-6,10H2,1-3H3,(H,20,21)(H,22,23). The maximum Gasteiger partial charge on any atom is 0.263 e. The molecule has 3 aromatic rings. The number of aromatic nitrogens is 5. The number of hydrogen-bond donors (Lipinski definition) is 2. The van der Waals surface area contributed by atoms with Crippen LogP contribution in [-0.4, -0.2) is 42.1 Å². The lowest BCUT2D eigenvalue weighted by molar-refractivity contribution is 0.0729. The Morgan fingerprint density at radius 2 is 2.19 bits per heavy atom. The number of aromatic amines is 2. The van der Waals surface area contributed by atoms with Gasteiger partial charge in [0.2, 0.25) is 0 Å². The second-order valence-corrected chi connectivity index (χ2v) is 6.88. The van der Waals surface area contributed by atoms with Crippen molar-refractivity contribution in [1.82, 2.24) is 29.6 Å². The first-order valence-corrected chi connectivity index (χ1v) is 9.05. The third-order valence-corrected chi connectivity index (χ3v) is 5.21. The van der Waals surface area contributed by atoms with Crippen LogP contribution in [0.15, 0.2) is 23.3 Å². The van der Waals surface area contributed by atoms with E-state index < -0.39 is 0 Å². The van der Waals surface area contributed by atoms with Crippen molar-refractivity contribution in [2.45, 2.75) is 33.2 Å². The number of H-pyrrole nitrogens is 2. The molecule has 1 aliphatic rings. The number of nitrogens with one attached hydrogen (secondary N) is 2. The van der Waals surface area contributed by atoms with Gasteiger partial charge in [-0.2, -0.15) is 5.10 Å². The number of fused-ring (bicyclic) bond motifs is 1. The Bertz CT molecular complexity index is 1060. The molecule has 3 aromatic heterocycles. The van der Waals surface area contributed by atoms with E-state index in [1.807, 2.05) is 13.8 Å². The van der Waals surface area contributed by atoms with Gasteiger partial charge in [-0.05, 0) is 25.0 Å². The summed E-state index contributed by atoms with van der Waals surface area (Å²) >= 11 is 0. The molecule has 140 valence electrons. The summed E-state index contributed by atoms with van der Waals surface area (Å²) in [6.07, 6.45) is 4.88. The van der Waals surface area contributed by atoms with Crippen molar-refractivity contribution in [2.24, 2.45) is 7.05 Å². The Morgan fingerprint density at radius 1 is 1.37 bits per heavy atom. The van der Waals surface area contributed by atoms with Crippen LogP contribution in [0.4, 0.5) is 0 Å². The SMILES string of the molecule is CCc1c(C)cc(C(=O)N2CCc3nc(-c4cn[nH]c4)[nH]c3C2)c(=O)n1C. The molecular formula is C19H22N6O2. The largest absolute Gasteiger partial charge is 0.340 e. The lowest BCUT2D eigenvalue weighted by atomic mass is 10.1. The molecule has 1 amide bonds. The third-order valence-electron chi connectivity index (χ3n) is 5.21. The van der Waals surface area contributed by atoms with Crippen LogP contribution < -0.4 is 5.56 Å². The maximum atomic E-state index is 13.0. The molecule has 0 aromatic carbocycles. The van der Waals surface area contributed by atoms with Crippen molar-refractivity contribution in [3.05, 3.63) is 57.0 Å². The van der Waals surface area contributed by atoms with Gasteiger partial charge in [-0.3, -0.25) is 14.7 Å². The Balaban J connectivity index is 1.63. The van der Waals surface area contributed by atoms with Crippen molar-refractivity contribution in [1.29, 1.82) is 0 Å². The van der Waals surface area contributed by atoms with E-state index in [2.05, 4.69) is 20.2 Å². The lowest BCUT2D eigenvalue weighted by Crippen LogP contribution is -2.40. The predicted molar refractivity (Wildman–Crippen MR) is 100 cm³/mol. The monoisotopic (exact) mass is 366 g/mol. The van der Waals surface area contributed by atoms with Crippen LogP contribution in [0.2, 0.25) is 0 Å². The number of pyridine rings is 1. The fraction of sp³-hybridized carbons (Fsp3) is 0.368.